The van der Waals surface area contributed by atoms with E-state index in [9.17, 15) is 0 Å². The molecule has 0 aliphatic heterocycles. The fraction of sp³-hybridized carbons (Fsp3) is 0.133. The Morgan fingerprint density at radius 2 is 2.06 bits per heavy atom. The third-order valence-corrected chi connectivity index (χ3v) is 3.13. The van der Waals surface area contributed by atoms with Crippen LogP contribution in [0.3, 0.4) is 0 Å². The summed E-state index contributed by atoms with van der Waals surface area (Å²) in [4.78, 5) is 4.34. The molecule has 2 N–H and O–H groups in total. The maximum Gasteiger partial charge on any atom is 0.0501 e. The van der Waals surface area contributed by atoms with Crippen molar-refractivity contribution in [1.82, 2.24) is 9.55 Å². The van der Waals surface area contributed by atoms with Crippen molar-refractivity contribution in [2.75, 3.05) is 5.73 Å². The fourth-order valence-electron chi connectivity index (χ4n) is 2.18. The SMILES string of the molecule is Nc1ccc2ccn(CCc3ccccn3)c2c1. The van der Waals surface area contributed by atoms with Gasteiger partial charge in [-0.2, -0.15) is 0 Å². The molecule has 0 unspecified atom stereocenters. The van der Waals surface area contributed by atoms with Gasteiger partial charge in [-0.05, 0) is 35.7 Å². The number of nitrogens with zero attached hydrogens (tertiary/aromatic N) is 2. The van der Waals surface area contributed by atoms with E-state index >= 15 is 0 Å². The van der Waals surface area contributed by atoms with Crippen LogP contribution < -0.4 is 5.73 Å². The van der Waals surface area contributed by atoms with Crippen LogP contribution in [0.5, 0.6) is 0 Å². The van der Waals surface area contributed by atoms with Crippen LogP contribution in [-0.4, -0.2) is 9.55 Å². The number of nitrogen functional groups attached to an aromatic ring is 1. The molecule has 0 saturated carbocycles. The van der Waals surface area contributed by atoms with Crippen LogP contribution in [0.15, 0.2) is 54.9 Å². The molecule has 2 heterocycles. The molecule has 3 aromatic rings. The van der Waals surface area contributed by atoms with Crippen LogP contribution >= 0.6 is 0 Å². The van der Waals surface area contributed by atoms with E-state index in [1.165, 1.54) is 10.9 Å². The average molecular weight is 237 g/mol. The zero-order valence-electron chi connectivity index (χ0n) is 10.1. The molecule has 0 atom stereocenters. The number of rotatable bonds is 3. The van der Waals surface area contributed by atoms with Crippen LogP contribution in [0.2, 0.25) is 0 Å². The normalized spacial score (nSPS) is 10.9. The third-order valence-electron chi connectivity index (χ3n) is 3.13. The van der Waals surface area contributed by atoms with Crippen LogP contribution in [0, 0.1) is 0 Å². The fourth-order valence-corrected chi connectivity index (χ4v) is 2.18. The summed E-state index contributed by atoms with van der Waals surface area (Å²) in [5.74, 6) is 0. The van der Waals surface area contributed by atoms with Crippen molar-refractivity contribution >= 4 is 16.6 Å². The van der Waals surface area contributed by atoms with Gasteiger partial charge in [0.15, 0.2) is 0 Å². The van der Waals surface area contributed by atoms with Gasteiger partial charge in [0.05, 0.1) is 5.52 Å². The summed E-state index contributed by atoms with van der Waals surface area (Å²) in [6, 6.07) is 14.2. The molecule has 0 aliphatic rings. The first-order valence-electron chi connectivity index (χ1n) is 6.07. The van der Waals surface area contributed by atoms with Gasteiger partial charge in [0.2, 0.25) is 0 Å². The Bertz CT molecular complexity index is 656. The van der Waals surface area contributed by atoms with Crippen molar-refractivity contribution in [3.05, 3.63) is 60.6 Å². The lowest BCUT2D eigenvalue weighted by Crippen LogP contribution is -2.01. The molecular formula is C15H15N3. The maximum atomic E-state index is 5.83. The molecule has 0 saturated heterocycles. The summed E-state index contributed by atoms with van der Waals surface area (Å²) < 4.78 is 2.22. The number of aryl methyl sites for hydroxylation is 2. The minimum atomic E-state index is 0.806. The number of benzene rings is 1. The van der Waals surface area contributed by atoms with Gasteiger partial charge in [0.25, 0.3) is 0 Å². The van der Waals surface area contributed by atoms with Crippen molar-refractivity contribution in [3.63, 3.8) is 0 Å². The second-order valence-electron chi connectivity index (χ2n) is 4.40. The molecule has 0 amide bonds. The highest BCUT2D eigenvalue weighted by molar-refractivity contribution is 5.83. The minimum absolute atomic E-state index is 0.806. The number of fused-ring (bicyclic) bond motifs is 1. The van der Waals surface area contributed by atoms with E-state index < -0.39 is 0 Å². The first-order chi connectivity index (χ1) is 8.83. The quantitative estimate of drug-likeness (QED) is 0.712. The second kappa shape index (κ2) is 4.53. The van der Waals surface area contributed by atoms with Gasteiger partial charge < -0.3 is 10.3 Å². The van der Waals surface area contributed by atoms with E-state index in [1.54, 1.807) is 0 Å². The van der Waals surface area contributed by atoms with Crippen LogP contribution in [0.1, 0.15) is 5.69 Å². The van der Waals surface area contributed by atoms with Crippen molar-refractivity contribution in [2.24, 2.45) is 0 Å². The molecule has 0 radical (unpaired) electrons. The molecule has 2 aromatic heterocycles. The Balaban J connectivity index is 1.85. The number of hydrogen-bond donors (Lipinski definition) is 1. The number of anilines is 1. The van der Waals surface area contributed by atoms with E-state index in [4.69, 9.17) is 5.73 Å². The lowest BCUT2D eigenvalue weighted by Gasteiger charge is -2.05. The molecule has 0 bridgehead atoms. The zero-order chi connectivity index (χ0) is 12.4. The molecule has 0 aliphatic carbocycles. The predicted molar refractivity (Wildman–Crippen MR) is 74.3 cm³/mol. The number of aromatic nitrogens is 2. The molecule has 1 aromatic carbocycles. The van der Waals surface area contributed by atoms with Gasteiger partial charge in [0.1, 0.15) is 0 Å². The highest BCUT2D eigenvalue weighted by atomic mass is 15.0. The molecule has 0 spiro atoms. The highest BCUT2D eigenvalue weighted by Crippen LogP contribution is 2.19. The Labute approximate surface area is 106 Å². The lowest BCUT2D eigenvalue weighted by molar-refractivity contribution is 0.710. The summed E-state index contributed by atoms with van der Waals surface area (Å²) >= 11 is 0. The molecular weight excluding hydrogens is 222 g/mol. The van der Waals surface area contributed by atoms with Crippen molar-refractivity contribution in [1.29, 1.82) is 0 Å². The third kappa shape index (κ3) is 2.07. The van der Waals surface area contributed by atoms with Gasteiger partial charge in [-0.25, -0.2) is 0 Å². The highest BCUT2D eigenvalue weighted by Gasteiger charge is 2.02. The van der Waals surface area contributed by atoms with Gasteiger partial charge in [-0.15, -0.1) is 0 Å². The van der Waals surface area contributed by atoms with E-state index in [2.05, 4.69) is 33.9 Å². The van der Waals surface area contributed by atoms with Crippen molar-refractivity contribution in [3.8, 4) is 0 Å². The summed E-state index contributed by atoms with van der Waals surface area (Å²) in [6.07, 6.45) is 4.87. The standard InChI is InChI=1S/C15H15N3/c16-13-5-4-12-6-9-18(15(12)11-13)10-7-14-3-1-2-8-17-14/h1-6,8-9,11H,7,10,16H2. The van der Waals surface area contributed by atoms with Crippen LogP contribution in [0.4, 0.5) is 5.69 Å². The van der Waals surface area contributed by atoms with E-state index in [-0.39, 0.29) is 0 Å². The van der Waals surface area contributed by atoms with Crippen LogP contribution in [-0.2, 0) is 13.0 Å². The Hall–Kier alpha value is -2.29. The van der Waals surface area contributed by atoms with E-state index in [0.29, 0.717) is 0 Å². The summed E-state index contributed by atoms with van der Waals surface area (Å²) in [7, 11) is 0. The average Bonchev–Trinajstić information content (AvgIpc) is 2.80. The lowest BCUT2D eigenvalue weighted by atomic mass is 10.2. The Morgan fingerprint density at radius 1 is 1.11 bits per heavy atom. The number of pyridine rings is 1. The van der Waals surface area contributed by atoms with E-state index in [1.807, 2.05) is 30.5 Å². The minimum Gasteiger partial charge on any atom is -0.399 e. The molecule has 3 rings (SSSR count). The smallest absolute Gasteiger partial charge is 0.0501 e. The van der Waals surface area contributed by atoms with Crippen LogP contribution in [0.25, 0.3) is 10.9 Å². The predicted octanol–water partition coefficient (Wildman–Crippen LogP) is 2.86. The summed E-state index contributed by atoms with van der Waals surface area (Å²) in [5, 5.41) is 1.23. The number of hydrogen-bond acceptors (Lipinski definition) is 2. The monoisotopic (exact) mass is 237 g/mol. The molecule has 3 heteroatoms. The molecule has 18 heavy (non-hydrogen) atoms. The van der Waals surface area contributed by atoms with Gasteiger partial charge >= 0.3 is 0 Å². The van der Waals surface area contributed by atoms with Crippen molar-refractivity contribution < 1.29 is 0 Å². The first-order valence-corrected chi connectivity index (χ1v) is 6.07. The molecule has 0 fully saturated rings. The molecule has 3 nitrogen and oxygen atoms in total. The topological polar surface area (TPSA) is 43.8 Å². The van der Waals surface area contributed by atoms with Gasteiger partial charge in [0, 0.05) is 36.7 Å². The van der Waals surface area contributed by atoms with E-state index in [0.717, 1.165) is 24.3 Å². The number of nitrogens with two attached hydrogens (primary N) is 1. The summed E-state index contributed by atoms with van der Waals surface area (Å²) in [6.45, 7) is 0.921. The van der Waals surface area contributed by atoms with Gasteiger partial charge in [-0.3, -0.25) is 4.98 Å². The molecule has 90 valence electrons. The Kier molecular flexibility index (Phi) is 2.73. The Morgan fingerprint density at radius 3 is 2.89 bits per heavy atom. The van der Waals surface area contributed by atoms with Crippen molar-refractivity contribution in [2.45, 2.75) is 13.0 Å². The zero-order valence-corrected chi connectivity index (χ0v) is 10.1. The largest absolute Gasteiger partial charge is 0.399 e. The second-order valence-corrected chi connectivity index (χ2v) is 4.40. The maximum absolute atomic E-state index is 5.83. The first kappa shape index (κ1) is 10.8. The van der Waals surface area contributed by atoms with Gasteiger partial charge in [-0.1, -0.05) is 12.1 Å². The summed E-state index contributed by atoms with van der Waals surface area (Å²) in [5.41, 5.74) is 8.94.